The quantitative estimate of drug-likeness (QED) is 0.196. The van der Waals surface area contributed by atoms with Crippen molar-refractivity contribution in [1.29, 1.82) is 5.26 Å². The van der Waals surface area contributed by atoms with Crippen LogP contribution in [0.2, 0.25) is 0 Å². The van der Waals surface area contributed by atoms with E-state index in [0.717, 1.165) is 30.9 Å². The first kappa shape index (κ1) is 28.4. The molecule has 0 spiro atoms. The number of nitrogens with one attached hydrogen (secondary N) is 2. The molecule has 0 saturated heterocycles. The van der Waals surface area contributed by atoms with Crippen LogP contribution in [-0.2, 0) is 4.79 Å². The summed E-state index contributed by atoms with van der Waals surface area (Å²) < 4.78 is 1.78. The topological polar surface area (TPSA) is 102 Å². The fourth-order valence-corrected chi connectivity index (χ4v) is 6.54. The van der Waals surface area contributed by atoms with E-state index in [1.54, 1.807) is 31.2 Å². The van der Waals surface area contributed by atoms with Gasteiger partial charge in [0.2, 0.25) is 5.91 Å². The summed E-state index contributed by atoms with van der Waals surface area (Å²) in [4.78, 5) is 26.7. The zero-order chi connectivity index (χ0) is 27.4. The Morgan fingerprint density at radius 3 is 2.45 bits per heavy atom. The number of hydrogen-bond donors (Lipinski definition) is 3. The van der Waals surface area contributed by atoms with Gasteiger partial charge >= 0.3 is 0 Å². The lowest BCUT2D eigenvalue weighted by Crippen LogP contribution is -2.56. The second-order valence-electron chi connectivity index (χ2n) is 9.13. The zero-order valence-electron chi connectivity index (χ0n) is 20.7. The number of Topliss-reactive ketones (excluding diaryl/α,β-unsaturated/α-hetero) is 1. The molecule has 4 rings (SSSR count). The maximum absolute atomic E-state index is 14.0. The highest BCUT2D eigenvalue weighted by molar-refractivity contribution is 14.1. The first-order chi connectivity index (χ1) is 18.1. The summed E-state index contributed by atoms with van der Waals surface area (Å²) in [6, 6.07) is 24.3. The van der Waals surface area contributed by atoms with Gasteiger partial charge in [-0.1, -0.05) is 70.2 Å². The third-order valence-electron chi connectivity index (χ3n) is 6.39. The van der Waals surface area contributed by atoms with Crippen molar-refractivity contribution < 1.29 is 14.7 Å². The number of hydrogen-bond acceptors (Lipinski definition) is 6. The molecule has 1 aliphatic rings. The second kappa shape index (κ2) is 12.0. The van der Waals surface area contributed by atoms with Gasteiger partial charge in [0.15, 0.2) is 5.78 Å². The van der Waals surface area contributed by atoms with E-state index in [-0.39, 0.29) is 17.4 Å². The Labute approximate surface area is 248 Å². The minimum Gasteiger partial charge on any atom is -0.371 e. The average molecular weight is 702 g/mol. The number of aliphatic hydroxyl groups is 1. The number of anilines is 1. The number of nitriles is 1. The molecule has 38 heavy (non-hydrogen) atoms. The summed E-state index contributed by atoms with van der Waals surface area (Å²) in [5, 5.41) is 28.3. The largest absolute Gasteiger partial charge is 0.371 e. The summed E-state index contributed by atoms with van der Waals surface area (Å²) in [6.45, 7) is 3.40. The van der Waals surface area contributed by atoms with E-state index in [2.05, 4.69) is 55.2 Å². The SMILES string of the molecule is Cc1ccccc1C(=O)C1C(c2ccccc2I)C(C#N)=C(SCC(=O)Nc2ccc(Br)cc2)NC1(C)O. The fourth-order valence-electron chi connectivity index (χ4n) is 4.60. The van der Waals surface area contributed by atoms with Gasteiger partial charge in [-0.05, 0) is 77.9 Å². The molecule has 1 amide bonds. The smallest absolute Gasteiger partial charge is 0.234 e. The normalized spacial score (nSPS) is 20.8. The third-order valence-corrected chi connectivity index (χ3v) is 8.92. The summed E-state index contributed by atoms with van der Waals surface area (Å²) in [6.07, 6.45) is 0. The molecule has 3 aromatic carbocycles. The van der Waals surface area contributed by atoms with Crippen molar-refractivity contribution in [2.24, 2.45) is 5.92 Å². The van der Waals surface area contributed by atoms with Crippen LogP contribution >= 0.6 is 50.3 Å². The van der Waals surface area contributed by atoms with E-state index in [1.807, 2.05) is 55.5 Å². The molecule has 6 nitrogen and oxygen atoms in total. The molecule has 0 radical (unpaired) electrons. The van der Waals surface area contributed by atoms with E-state index in [0.29, 0.717) is 21.9 Å². The molecule has 0 saturated carbocycles. The van der Waals surface area contributed by atoms with E-state index in [9.17, 15) is 20.0 Å². The summed E-state index contributed by atoms with van der Waals surface area (Å²) in [7, 11) is 0. The lowest BCUT2D eigenvalue weighted by Gasteiger charge is -2.44. The van der Waals surface area contributed by atoms with Gasteiger partial charge in [-0.15, -0.1) is 0 Å². The van der Waals surface area contributed by atoms with Crippen molar-refractivity contribution in [3.8, 4) is 6.07 Å². The van der Waals surface area contributed by atoms with Crippen LogP contribution in [0.1, 0.15) is 34.3 Å². The molecule has 194 valence electrons. The van der Waals surface area contributed by atoms with Gasteiger partial charge in [-0.2, -0.15) is 5.26 Å². The standard InChI is InChI=1S/C29H25BrIN3O3S/c1-17-7-3-4-8-20(17)27(36)26-25(21-9-5-6-10-23(21)31)22(15-32)28(34-29(26,2)37)38-16-24(35)33-19-13-11-18(30)12-14-19/h3-14,25-26,34,37H,16H2,1-2H3,(H,33,35). The number of thioether (sulfide) groups is 1. The highest BCUT2D eigenvalue weighted by atomic mass is 127. The van der Waals surface area contributed by atoms with Gasteiger partial charge in [0, 0.05) is 25.2 Å². The number of allylic oxidation sites excluding steroid dienone is 1. The Kier molecular flexibility index (Phi) is 8.98. The maximum atomic E-state index is 14.0. The number of ketones is 1. The molecule has 3 aromatic rings. The molecule has 1 heterocycles. The average Bonchev–Trinajstić information content (AvgIpc) is 2.88. The second-order valence-corrected chi connectivity index (χ2v) is 12.2. The van der Waals surface area contributed by atoms with Crippen molar-refractivity contribution in [2.75, 3.05) is 11.1 Å². The Morgan fingerprint density at radius 2 is 1.79 bits per heavy atom. The highest BCUT2D eigenvalue weighted by Gasteiger charge is 2.50. The van der Waals surface area contributed by atoms with Gasteiger partial charge in [0.05, 0.1) is 28.3 Å². The molecule has 3 atom stereocenters. The lowest BCUT2D eigenvalue weighted by atomic mass is 9.70. The predicted molar refractivity (Wildman–Crippen MR) is 163 cm³/mol. The maximum Gasteiger partial charge on any atom is 0.234 e. The monoisotopic (exact) mass is 701 g/mol. The fraction of sp³-hybridized carbons (Fsp3) is 0.207. The summed E-state index contributed by atoms with van der Waals surface area (Å²) in [5.41, 5.74) is 1.34. The lowest BCUT2D eigenvalue weighted by molar-refractivity contribution is -0.113. The van der Waals surface area contributed by atoms with Crippen LogP contribution in [0.25, 0.3) is 0 Å². The summed E-state index contributed by atoms with van der Waals surface area (Å²) in [5.74, 6) is -2.19. The van der Waals surface area contributed by atoms with E-state index in [4.69, 9.17) is 0 Å². The van der Waals surface area contributed by atoms with Gasteiger partial charge < -0.3 is 15.7 Å². The number of nitrogens with zero attached hydrogens (tertiary/aromatic N) is 1. The molecular weight excluding hydrogens is 677 g/mol. The van der Waals surface area contributed by atoms with Gasteiger partial charge in [-0.3, -0.25) is 9.59 Å². The number of amides is 1. The van der Waals surface area contributed by atoms with E-state index >= 15 is 0 Å². The summed E-state index contributed by atoms with van der Waals surface area (Å²) >= 11 is 6.69. The first-order valence-corrected chi connectivity index (χ1v) is 14.7. The van der Waals surface area contributed by atoms with Crippen molar-refractivity contribution in [3.05, 3.63) is 108 Å². The molecule has 0 aliphatic carbocycles. The van der Waals surface area contributed by atoms with E-state index < -0.39 is 17.6 Å². The molecule has 0 aromatic heterocycles. The van der Waals surface area contributed by atoms with Crippen LogP contribution < -0.4 is 10.6 Å². The van der Waals surface area contributed by atoms with Crippen LogP contribution in [0.15, 0.2) is 87.9 Å². The minimum absolute atomic E-state index is 0.00860. The van der Waals surface area contributed by atoms with Crippen LogP contribution in [0.4, 0.5) is 5.69 Å². The molecule has 3 unspecified atom stereocenters. The minimum atomic E-state index is -1.69. The van der Waals surface area contributed by atoms with Crippen molar-refractivity contribution in [3.63, 3.8) is 0 Å². The Bertz CT molecular complexity index is 1450. The molecule has 0 fully saturated rings. The number of aryl methyl sites for hydroxylation is 1. The van der Waals surface area contributed by atoms with Crippen LogP contribution in [0.3, 0.4) is 0 Å². The Hall–Kier alpha value is -2.65. The van der Waals surface area contributed by atoms with Crippen molar-refractivity contribution in [2.45, 2.75) is 25.5 Å². The molecule has 3 N–H and O–H groups in total. The van der Waals surface area contributed by atoms with Gasteiger partial charge in [-0.25, -0.2) is 0 Å². The number of halogens is 2. The first-order valence-electron chi connectivity index (χ1n) is 11.8. The molecule has 0 bridgehead atoms. The van der Waals surface area contributed by atoms with Gasteiger partial charge in [0.25, 0.3) is 0 Å². The van der Waals surface area contributed by atoms with Crippen LogP contribution in [-0.4, -0.2) is 28.3 Å². The molecule has 1 aliphatic heterocycles. The van der Waals surface area contributed by atoms with Crippen molar-refractivity contribution in [1.82, 2.24) is 5.32 Å². The number of rotatable bonds is 7. The number of carbonyl (C=O) groups is 2. The van der Waals surface area contributed by atoms with Crippen LogP contribution in [0, 0.1) is 27.7 Å². The van der Waals surface area contributed by atoms with Crippen molar-refractivity contribution >= 4 is 67.7 Å². The third kappa shape index (κ3) is 6.15. The molecule has 9 heteroatoms. The zero-order valence-corrected chi connectivity index (χ0v) is 25.2. The molecular formula is C29H25BrIN3O3S. The number of carbonyl (C=O) groups excluding carboxylic acids is 2. The van der Waals surface area contributed by atoms with Crippen LogP contribution in [0.5, 0.6) is 0 Å². The Morgan fingerprint density at radius 1 is 1.13 bits per heavy atom. The van der Waals surface area contributed by atoms with Gasteiger partial charge in [0.1, 0.15) is 5.72 Å². The highest BCUT2D eigenvalue weighted by Crippen LogP contribution is 2.47. The predicted octanol–water partition coefficient (Wildman–Crippen LogP) is 6.36. The Balaban J connectivity index is 1.73. The van der Waals surface area contributed by atoms with E-state index in [1.165, 1.54) is 0 Å². The number of benzene rings is 3.